The lowest BCUT2D eigenvalue weighted by molar-refractivity contribution is -0.122. The van der Waals surface area contributed by atoms with E-state index < -0.39 is 16.1 Å². The Labute approximate surface area is 207 Å². The molecular formula is C26H23BrN2O4S. The van der Waals surface area contributed by atoms with Gasteiger partial charge in [-0.05, 0) is 77.9 Å². The van der Waals surface area contributed by atoms with E-state index in [0.29, 0.717) is 23.5 Å². The predicted molar refractivity (Wildman–Crippen MR) is 139 cm³/mol. The quantitative estimate of drug-likeness (QED) is 0.279. The maximum Gasteiger partial charge on any atom is 0.265 e. The number of anilines is 2. The number of carbonyl (C=O) groups is 1. The number of sulfonamides is 1. The molecule has 0 bridgehead atoms. The fourth-order valence-electron chi connectivity index (χ4n) is 3.40. The molecule has 1 amide bonds. The van der Waals surface area contributed by atoms with E-state index in [1.165, 1.54) is 12.1 Å². The molecule has 0 aliphatic carbocycles. The van der Waals surface area contributed by atoms with Gasteiger partial charge in [-0.1, -0.05) is 53.2 Å². The topological polar surface area (TPSA) is 84.5 Å². The fourth-order valence-corrected chi connectivity index (χ4v) is 4.72. The van der Waals surface area contributed by atoms with Crippen LogP contribution in [-0.4, -0.2) is 20.4 Å². The van der Waals surface area contributed by atoms with Crippen molar-refractivity contribution in [1.82, 2.24) is 0 Å². The SMILES string of the molecule is CC[C@@H](Oc1ccc2ccccc2c1)C(=O)Nc1ccc(S(=O)(=O)Nc2ccc(Br)cc2)cc1. The molecule has 4 aromatic carbocycles. The second kappa shape index (κ2) is 10.3. The van der Waals surface area contributed by atoms with Gasteiger partial charge in [0, 0.05) is 15.8 Å². The van der Waals surface area contributed by atoms with Gasteiger partial charge in [-0.2, -0.15) is 0 Å². The lowest BCUT2D eigenvalue weighted by Gasteiger charge is -2.18. The maximum atomic E-state index is 12.8. The minimum absolute atomic E-state index is 0.0906. The van der Waals surface area contributed by atoms with Crippen molar-refractivity contribution >= 4 is 54.0 Å². The number of benzene rings is 4. The molecule has 0 heterocycles. The van der Waals surface area contributed by atoms with E-state index >= 15 is 0 Å². The summed E-state index contributed by atoms with van der Waals surface area (Å²) in [6.45, 7) is 1.87. The van der Waals surface area contributed by atoms with Gasteiger partial charge in [0.1, 0.15) is 5.75 Å². The molecule has 0 saturated carbocycles. The first kappa shape index (κ1) is 23.8. The highest BCUT2D eigenvalue weighted by molar-refractivity contribution is 9.10. The van der Waals surface area contributed by atoms with Crippen LogP contribution in [0.2, 0.25) is 0 Å². The van der Waals surface area contributed by atoms with Crippen molar-refractivity contribution in [2.75, 3.05) is 10.0 Å². The van der Waals surface area contributed by atoms with E-state index in [9.17, 15) is 13.2 Å². The van der Waals surface area contributed by atoms with Crippen molar-refractivity contribution < 1.29 is 17.9 Å². The maximum absolute atomic E-state index is 12.8. The average Bonchev–Trinajstić information content (AvgIpc) is 2.84. The van der Waals surface area contributed by atoms with Gasteiger partial charge in [0.25, 0.3) is 15.9 Å². The molecule has 0 unspecified atom stereocenters. The molecule has 6 nitrogen and oxygen atoms in total. The Kier molecular flexibility index (Phi) is 7.19. The summed E-state index contributed by atoms with van der Waals surface area (Å²) in [5, 5.41) is 4.93. The molecular weight excluding hydrogens is 516 g/mol. The Morgan fingerprint density at radius 1 is 0.882 bits per heavy atom. The first-order valence-electron chi connectivity index (χ1n) is 10.7. The highest BCUT2D eigenvalue weighted by Crippen LogP contribution is 2.23. The number of rotatable bonds is 8. The number of carbonyl (C=O) groups excluding carboxylic acids is 1. The van der Waals surface area contributed by atoms with E-state index in [0.717, 1.165) is 15.2 Å². The van der Waals surface area contributed by atoms with Gasteiger partial charge in [0.15, 0.2) is 6.10 Å². The molecule has 0 aromatic heterocycles. The zero-order chi connectivity index (χ0) is 24.1. The Hall–Kier alpha value is -3.36. The summed E-state index contributed by atoms with van der Waals surface area (Å²) in [5.41, 5.74) is 0.936. The summed E-state index contributed by atoms with van der Waals surface area (Å²) < 4.78 is 34.6. The Balaban J connectivity index is 1.41. The second-order valence-electron chi connectivity index (χ2n) is 7.65. The lowest BCUT2D eigenvalue weighted by Crippen LogP contribution is -2.32. The molecule has 0 spiro atoms. The highest BCUT2D eigenvalue weighted by Gasteiger charge is 2.20. The van der Waals surface area contributed by atoms with Gasteiger partial charge in [0.05, 0.1) is 4.90 Å². The van der Waals surface area contributed by atoms with Crippen LogP contribution >= 0.6 is 15.9 Å². The smallest absolute Gasteiger partial charge is 0.265 e. The van der Waals surface area contributed by atoms with Crippen molar-refractivity contribution in [3.8, 4) is 5.75 Å². The number of amides is 1. The second-order valence-corrected chi connectivity index (χ2v) is 10.2. The molecule has 1 atom stereocenters. The summed E-state index contributed by atoms with van der Waals surface area (Å²) in [6.07, 6.45) is -0.217. The summed E-state index contributed by atoms with van der Waals surface area (Å²) in [7, 11) is -3.75. The first-order chi connectivity index (χ1) is 16.3. The average molecular weight is 539 g/mol. The van der Waals surface area contributed by atoms with E-state index in [-0.39, 0.29) is 10.8 Å². The minimum Gasteiger partial charge on any atom is -0.481 e. The number of fused-ring (bicyclic) bond motifs is 1. The number of nitrogens with one attached hydrogen (secondary N) is 2. The normalized spacial score (nSPS) is 12.2. The Morgan fingerprint density at radius 2 is 1.53 bits per heavy atom. The van der Waals surface area contributed by atoms with E-state index in [4.69, 9.17) is 4.74 Å². The molecule has 0 aliphatic rings. The van der Waals surface area contributed by atoms with Crippen LogP contribution < -0.4 is 14.8 Å². The van der Waals surface area contributed by atoms with Gasteiger partial charge in [-0.25, -0.2) is 8.42 Å². The largest absolute Gasteiger partial charge is 0.481 e. The number of hydrogen-bond acceptors (Lipinski definition) is 4. The predicted octanol–water partition coefficient (Wildman–Crippen LogP) is 6.20. The van der Waals surface area contributed by atoms with Gasteiger partial charge in [-0.3, -0.25) is 9.52 Å². The Morgan fingerprint density at radius 3 is 2.21 bits per heavy atom. The monoisotopic (exact) mass is 538 g/mol. The minimum atomic E-state index is -3.75. The molecule has 4 aromatic rings. The summed E-state index contributed by atoms with van der Waals surface area (Å²) >= 11 is 3.32. The third kappa shape index (κ3) is 5.76. The van der Waals surface area contributed by atoms with Crippen LogP contribution in [0.1, 0.15) is 13.3 Å². The van der Waals surface area contributed by atoms with Crippen LogP contribution in [0.5, 0.6) is 5.75 Å². The van der Waals surface area contributed by atoms with E-state index in [2.05, 4.69) is 26.0 Å². The molecule has 174 valence electrons. The zero-order valence-corrected chi connectivity index (χ0v) is 20.8. The molecule has 0 radical (unpaired) electrons. The van der Waals surface area contributed by atoms with Crippen molar-refractivity contribution in [2.24, 2.45) is 0 Å². The molecule has 4 rings (SSSR count). The molecule has 0 saturated heterocycles. The number of halogens is 1. The van der Waals surface area contributed by atoms with Gasteiger partial charge < -0.3 is 10.1 Å². The molecule has 8 heteroatoms. The molecule has 0 aliphatic heterocycles. The lowest BCUT2D eigenvalue weighted by atomic mass is 10.1. The molecule has 34 heavy (non-hydrogen) atoms. The van der Waals surface area contributed by atoms with Crippen molar-refractivity contribution in [1.29, 1.82) is 0 Å². The van der Waals surface area contributed by atoms with Gasteiger partial charge in [-0.15, -0.1) is 0 Å². The van der Waals surface area contributed by atoms with Crippen LogP contribution in [-0.2, 0) is 14.8 Å². The molecule has 2 N–H and O–H groups in total. The van der Waals surface area contributed by atoms with Crippen LogP contribution in [0.4, 0.5) is 11.4 Å². The third-order valence-electron chi connectivity index (χ3n) is 5.19. The van der Waals surface area contributed by atoms with Gasteiger partial charge in [0.2, 0.25) is 0 Å². The first-order valence-corrected chi connectivity index (χ1v) is 13.0. The number of hydrogen-bond donors (Lipinski definition) is 2. The standard InChI is InChI=1S/C26H23BrN2O4S/c1-2-25(33-23-14-7-18-5-3-4-6-19(18)17-23)26(30)28-21-12-15-24(16-13-21)34(31,32)29-22-10-8-20(27)9-11-22/h3-17,25,29H,2H2,1H3,(H,28,30)/t25-/m1/s1. The van der Waals surface area contributed by atoms with Gasteiger partial charge >= 0.3 is 0 Å². The van der Waals surface area contributed by atoms with Crippen molar-refractivity contribution in [2.45, 2.75) is 24.3 Å². The third-order valence-corrected chi connectivity index (χ3v) is 7.12. The fraction of sp³-hybridized carbons (Fsp3) is 0.115. The summed E-state index contributed by atoms with van der Waals surface area (Å²) in [5.74, 6) is 0.306. The highest BCUT2D eigenvalue weighted by atomic mass is 79.9. The zero-order valence-electron chi connectivity index (χ0n) is 18.4. The van der Waals surface area contributed by atoms with Crippen molar-refractivity contribution in [3.05, 3.63) is 95.5 Å². The van der Waals surface area contributed by atoms with Crippen LogP contribution in [0.3, 0.4) is 0 Å². The van der Waals surface area contributed by atoms with Crippen molar-refractivity contribution in [3.63, 3.8) is 0 Å². The molecule has 0 fully saturated rings. The van der Waals surface area contributed by atoms with Crippen LogP contribution in [0, 0.1) is 0 Å². The summed E-state index contributed by atoms with van der Waals surface area (Å²) in [6, 6.07) is 26.5. The Bertz CT molecular complexity index is 1410. The van der Waals surface area contributed by atoms with E-state index in [1.54, 1.807) is 36.4 Å². The van der Waals surface area contributed by atoms with Crippen LogP contribution in [0.25, 0.3) is 10.8 Å². The van der Waals surface area contributed by atoms with Crippen LogP contribution in [0.15, 0.2) is 100 Å². The number of ether oxygens (including phenoxy) is 1. The van der Waals surface area contributed by atoms with E-state index in [1.807, 2.05) is 49.4 Å². The summed E-state index contributed by atoms with van der Waals surface area (Å²) in [4.78, 5) is 12.9.